The van der Waals surface area contributed by atoms with Crippen molar-refractivity contribution in [2.24, 2.45) is 0 Å². The number of nitriles is 1. The minimum Gasteiger partial charge on any atom is -0.495 e. The van der Waals surface area contributed by atoms with E-state index in [0.29, 0.717) is 17.2 Å². The maximum absolute atomic E-state index is 12.3. The number of hydrogen-bond acceptors (Lipinski definition) is 7. The van der Waals surface area contributed by atoms with E-state index >= 15 is 0 Å². The highest BCUT2D eigenvalue weighted by Crippen LogP contribution is 2.31. The predicted molar refractivity (Wildman–Crippen MR) is 111 cm³/mol. The molecule has 0 bridgehead atoms. The van der Waals surface area contributed by atoms with Crippen molar-refractivity contribution in [3.8, 4) is 23.3 Å². The second-order valence-electron chi connectivity index (χ2n) is 5.81. The third-order valence-electron chi connectivity index (χ3n) is 4.09. The van der Waals surface area contributed by atoms with Gasteiger partial charge >= 0.3 is 0 Å². The Morgan fingerprint density at radius 2 is 1.90 bits per heavy atom. The number of benzene rings is 2. The lowest BCUT2D eigenvalue weighted by Gasteiger charge is -2.15. The molecule has 0 saturated carbocycles. The van der Waals surface area contributed by atoms with Crippen LogP contribution in [-0.4, -0.2) is 39.5 Å². The molecule has 0 fully saturated rings. The number of nitrogens with two attached hydrogens (primary N) is 1. The maximum atomic E-state index is 12.3. The van der Waals surface area contributed by atoms with E-state index < -0.39 is 5.91 Å². The maximum Gasteiger partial charge on any atom is 0.255 e. The molecule has 4 N–H and O–H groups in total. The van der Waals surface area contributed by atoms with Gasteiger partial charge in [-0.1, -0.05) is 12.1 Å². The summed E-state index contributed by atoms with van der Waals surface area (Å²) in [5, 5.41) is 19.5. The molecule has 8 nitrogen and oxygen atoms in total. The Morgan fingerprint density at radius 1 is 1.17 bits per heavy atom. The van der Waals surface area contributed by atoms with Crippen molar-refractivity contribution in [1.29, 1.82) is 10.7 Å². The average Bonchev–Trinajstić information content (AvgIpc) is 2.74. The molecule has 2 aromatic carbocycles. The van der Waals surface area contributed by atoms with Gasteiger partial charge in [-0.15, -0.1) is 0 Å². The van der Waals surface area contributed by atoms with Crippen LogP contribution in [0.1, 0.15) is 21.5 Å². The van der Waals surface area contributed by atoms with Crippen molar-refractivity contribution >= 4 is 23.4 Å². The summed E-state index contributed by atoms with van der Waals surface area (Å²) in [6.45, 7) is -0.141. The van der Waals surface area contributed by atoms with Crippen molar-refractivity contribution in [3.63, 3.8) is 0 Å². The third kappa shape index (κ3) is 4.84. The molecule has 0 aromatic heterocycles. The van der Waals surface area contributed by atoms with E-state index in [1.54, 1.807) is 38.5 Å². The highest BCUT2D eigenvalue weighted by Gasteiger charge is 2.20. The van der Waals surface area contributed by atoms with Crippen LogP contribution in [0, 0.1) is 16.7 Å². The highest BCUT2D eigenvalue weighted by atomic mass is 16.5. The second-order valence-corrected chi connectivity index (χ2v) is 5.81. The summed E-state index contributed by atoms with van der Waals surface area (Å²) in [6.07, 6.45) is 3.26. The topological polar surface area (TPSA) is 130 Å². The first-order valence-corrected chi connectivity index (χ1v) is 8.57. The minimum atomic E-state index is -0.485. The Bertz CT molecular complexity index is 993. The van der Waals surface area contributed by atoms with E-state index in [2.05, 4.69) is 5.32 Å². The summed E-state index contributed by atoms with van der Waals surface area (Å²) >= 11 is 0. The summed E-state index contributed by atoms with van der Waals surface area (Å²) in [7, 11) is 4.49. The number of hydrogen-bond donors (Lipinski definition) is 3. The quantitative estimate of drug-likeness (QED) is 0.358. The number of ether oxygens (including phenoxy) is 3. The number of carbonyl (C=O) groups is 1. The van der Waals surface area contributed by atoms with Crippen LogP contribution in [0.5, 0.6) is 17.2 Å². The lowest BCUT2D eigenvalue weighted by atomic mass is 10.0. The highest BCUT2D eigenvalue weighted by molar-refractivity contribution is 6.15. The lowest BCUT2D eigenvalue weighted by molar-refractivity contribution is 0.0955. The predicted octanol–water partition coefficient (Wildman–Crippen LogP) is 2.63. The van der Waals surface area contributed by atoms with Crippen LogP contribution in [0.4, 0.5) is 5.69 Å². The molecule has 0 spiro atoms. The van der Waals surface area contributed by atoms with E-state index in [4.69, 9.17) is 30.6 Å². The molecular formula is C21H22N4O4. The van der Waals surface area contributed by atoms with Gasteiger partial charge in [-0.3, -0.25) is 4.79 Å². The summed E-state index contributed by atoms with van der Waals surface area (Å²) in [4.78, 5) is 12.3. The smallest absolute Gasteiger partial charge is 0.255 e. The van der Waals surface area contributed by atoms with Crippen LogP contribution in [0.3, 0.4) is 0 Å². The lowest BCUT2D eigenvalue weighted by Crippen LogP contribution is -2.24. The fourth-order valence-electron chi connectivity index (χ4n) is 2.70. The minimum absolute atomic E-state index is 0.0593. The normalized spacial score (nSPS) is 10.3. The van der Waals surface area contributed by atoms with Gasteiger partial charge in [0.25, 0.3) is 5.91 Å². The zero-order valence-electron chi connectivity index (χ0n) is 16.4. The van der Waals surface area contributed by atoms with Gasteiger partial charge in [-0.25, -0.2) is 0 Å². The Kier molecular flexibility index (Phi) is 7.20. The number of rotatable bonds is 8. The molecule has 0 atom stereocenters. The molecule has 0 aliphatic heterocycles. The molecule has 2 aromatic rings. The molecule has 150 valence electrons. The van der Waals surface area contributed by atoms with E-state index in [9.17, 15) is 4.79 Å². The van der Waals surface area contributed by atoms with Gasteiger partial charge in [0.1, 0.15) is 12.3 Å². The number of nitrogens with one attached hydrogen (secondary N) is 2. The molecule has 0 radical (unpaired) electrons. The first kappa shape index (κ1) is 21.3. The van der Waals surface area contributed by atoms with Crippen LogP contribution >= 0.6 is 0 Å². The Hall–Kier alpha value is -3.99. The van der Waals surface area contributed by atoms with Crippen LogP contribution < -0.4 is 25.3 Å². The molecule has 0 saturated heterocycles. The first-order valence-electron chi connectivity index (χ1n) is 8.57. The average molecular weight is 394 g/mol. The monoisotopic (exact) mass is 394 g/mol. The van der Waals surface area contributed by atoms with Gasteiger partial charge in [-0.05, 0) is 35.9 Å². The zero-order chi connectivity index (χ0) is 21.4. The third-order valence-corrected chi connectivity index (χ3v) is 4.09. The van der Waals surface area contributed by atoms with Crippen LogP contribution in [0.15, 0.2) is 36.4 Å². The number of amides is 1. The number of carbonyl (C=O) groups excluding carboxylic acids is 1. The Balaban J connectivity index is 2.38. The molecular weight excluding hydrogens is 372 g/mol. The van der Waals surface area contributed by atoms with Gasteiger partial charge in [0, 0.05) is 5.69 Å². The molecule has 0 unspecified atom stereocenters. The van der Waals surface area contributed by atoms with Crippen molar-refractivity contribution < 1.29 is 19.0 Å². The largest absolute Gasteiger partial charge is 0.495 e. The van der Waals surface area contributed by atoms with Gasteiger partial charge in [-0.2, -0.15) is 5.26 Å². The first-order chi connectivity index (χ1) is 14.0. The zero-order valence-corrected chi connectivity index (χ0v) is 16.4. The SMILES string of the molecule is COc1ccc(/C=C/C(=N)c2c(N)ccc(C(=O)NCC#N)c2OC)cc1OC. The van der Waals surface area contributed by atoms with Gasteiger partial charge in [0.05, 0.1) is 44.2 Å². The standard InChI is InChI=1S/C21H22N4O4/c1-27-17-9-5-13(12-18(17)28-2)4-7-15(23)19-16(24)8-6-14(20(19)29-3)21(26)25-11-10-22/h4-9,12,23H,11,24H2,1-3H3,(H,25,26)/b7-4+,23-15?. The van der Waals surface area contributed by atoms with Gasteiger partial charge < -0.3 is 30.7 Å². The van der Waals surface area contributed by atoms with Crippen molar-refractivity contribution in [1.82, 2.24) is 5.32 Å². The molecule has 1 amide bonds. The molecule has 0 heterocycles. The number of allylic oxidation sites excluding steroid dienone is 1. The second kappa shape index (κ2) is 9.80. The van der Waals surface area contributed by atoms with Gasteiger partial charge in [0.15, 0.2) is 11.5 Å². The Labute approximate surface area is 169 Å². The number of nitrogens with zero attached hydrogens (tertiary/aromatic N) is 1. The van der Waals surface area contributed by atoms with E-state index in [0.717, 1.165) is 5.56 Å². The molecule has 8 heteroatoms. The molecule has 0 aliphatic carbocycles. The fraction of sp³-hybridized carbons (Fsp3) is 0.190. The van der Waals surface area contributed by atoms with Crippen molar-refractivity contribution in [2.45, 2.75) is 0 Å². The van der Waals surface area contributed by atoms with Gasteiger partial charge in [0.2, 0.25) is 0 Å². The fourth-order valence-corrected chi connectivity index (χ4v) is 2.70. The van der Waals surface area contributed by atoms with Crippen LogP contribution in [0.2, 0.25) is 0 Å². The number of methoxy groups -OCH3 is 3. The van der Waals surface area contributed by atoms with Crippen LogP contribution in [0.25, 0.3) is 6.08 Å². The van der Waals surface area contributed by atoms with Crippen molar-refractivity contribution in [2.75, 3.05) is 33.6 Å². The Morgan fingerprint density at radius 3 is 2.52 bits per heavy atom. The molecule has 29 heavy (non-hydrogen) atoms. The summed E-state index contributed by atoms with van der Waals surface area (Å²) in [6, 6.07) is 10.2. The van der Waals surface area contributed by atoms with E-state index in [1.807, 2.05) is 12.1 Å². The summed E-state index contributed by atoms with van der Waals surface area (Å²) < 4.78 is 15.9. The van der Waals surface area contributed by atoms with Crippen LogP contribution in [-0.2, 0) is 0 Å². The summed E-state index contributed by atoms with van der Waals surface area (Å²) in [5.41, 5.74) is 7.66. The summed E-state index contributed by atoms with van der Waals surface area (Å²) in [5.74, 6) is 0.847. The number of nitrogen functional groups attached to an aromatic ring is 1. The van der Waals surface area contributed by atoms with E-state index in [-0.39, 0.29) is 29.1 Å². The molecule has 2 rings (SSSR count). The van der Waals surface area contributed by atoms with E-state index in [1.165, 1.54) is 19.2 Å². The molecule has 0 aliphatic rings. The number of anilines is 1. The van der Waals surface area contributed by atoms with Crippen molar-refractivity contribution in [3.05, 3.63) is 53.1 Å².